The molecule has 4 aliphatic carbocycles. The number of fused-ring (bicyclic) bond motifs is 1. The van der Waals surface area contributed by atoms with Crippen molar-refractivity contribution in [3.63, 3.8) is 0 Å². The predicted octanol–water partition coefficient (Wildman–Crippen LogP) is 5.66. The molecule has 0 atom stereocenters. The fraction of sp³-hybridized carbons (Fsp3) is 0.478. The molecule has 2 aromatic rings. The van der Waals surface area contributed by atoms with Crippen LogP contribution in [0.1, 0.15) is 37.7 Å². The summed E-state index contributed by atoms with van der Waals surface area (Å²) < 4.78 is 11.5. The topological polar surface area (TPSA) is 18.5 Å². The molecule has 130 valence electrons. The Morgan fingerprint density at radius 1 is 0.880 bits per heavy atom. The molecule has 4 fully saturated rings. The van der Waals surface area contributed by atoms with Gasteiger partial charge in [-0.15, -0.1) is 0 Å². The maximum atomic E-state index is 6.02. The number of ether oxygens (including phenoxy) is 2. The van der Waals surface area contributed by atoms with Crippen LogP contribution in [0.5, 0.6) is 5.75 Å². The number of allylic oxidation sites excluding steroid dienone is 1. The molecule has 0 radical (unpaired) electrons. The quantitative estimate of drug-likeness (QED) is 0.674. The van der Waals surface area contributed by atoms with E-state index in [4.69, 9.17) is 9.47 Å². The lowest BCUT2D eigenvalue weighted by Crippen LogP contribution is -2.40. The van der Waals surface area contributed by atoms with E-state index in [1.54, 1.807) is 12.7 Å². The Morgan fingerprint density at radius 3 is 2.24 bits per heavy atom. The summed E-state index contributed by atoms with van der Waals surface area (Å²) in [6, 6.07) is 12.9. The number of hydrogen-bond acceptors (Lipinski definition) is 2. The molecule has 4 saturated carbocycles. The molecule has 0 N–H and O–H groups in total. The fourth-order valence-electron chi connectivity index (χ4n) is 6.04. The van der Waals surface area contributed by atoms with Crippen molar-refractivity contribution in [2.75, 3.05) is 14.2 Å². The van der Waals surface area contributed by atoms with Crippen LogP contribution in [0, 0.1) is 23.7 Å². The van der Waals surface area contributed by atoms with E-state index in [2.05, 4.69) is 30.3 Å². The Balaban J connectivity index is 1.62. The van der Waals surface area contributed by atoms with Crippen molar-refractivity contribution >= 4 is 16.5 Å². The lowest BCUT2D eigenvalue weighted by molar-refractivity contribution is 0.0675. The third kappa shape index (κ3) is 2.38. The standard InChI is InChI=1S/C23H26O2/c1-24-21-5-3-4-16-13-17(6-7-20(16)21)23(25-2)22-18-9-14-8-15(11-18)12-19(22)10-14/h3-7,13-15,18-19H,8-12H2,1-2H3. The van der Waals surface area contributed by atoms with Gasteiger partial charge in [0.15, 0.2) is 0 Å². The maximum Gasteiger partial charge on any atom is 0.126 e. The molecule has 0 saturated heterocycles. The van der Waals surface area contributed by atoms with Gasteiger partial charge in [-0.1, -0.05) is 18.2 Å². The molecule has 0 aliphatic heterocycles. The molecule has 2 aromatic carbocycles. The van der Waals surface area contributed by atoms with Gasteiger partial charge >= 0.3 is 0 Å². The lowest BCUT2D eigenvalue weighted by atomic mass is 9.54. The summed E-state index contributed by atoms with van der Waals surface area (Å²) in [5.74, 6) is 5.55. The van der Waals surface area contributed by atoms with Gasteiger partial charge in [0.1, 0.15) is 11.5 Å². The molecule has 25 heavy (non-hydrogen) atoms. The second kappa shape index (κ2) is 5.79. The third-order valence-electron chi connectivity index (χ3n) is 6.81. The SMILES string of the molecule is COC(=C1C2CC3CC(C2)CC1C3)c1ccc2c(OC)cccc2c1. The highest BCUT2D eigenvalue weighted by molar-refractivity contribution is 5.90. The van der Waals surface area contributed by atoms with E-state index < -0.39 is 0 Å². The molecule has 4 bridgehead atoms. The van der Waals surface area contributed by atoms with Crippen LogP contribution in [-0.2, 0) is 4.74 Å². The zero-order chi connectivity index (χ0) is 17.0. The summed E-state index contributed by atoms with van der Waals surface area (Å²) in [6.07, 6.45) is 7.03. The molecule has 0 spiro atoms. The highest BCUT2D eigenvalue weighted by Crippen LogP contribution is 2.58. The van der Waals surface area contributed by atoms with E-state index >= 15 is 0 Å². The van der Waals surface area contributed by atoms with Crippen LogP contribution in [0.4, 0.5) is 0 Å². The van der Waals surface area contributed by atoms with Crippen LogP contribution in [0.25, 0.3) is 16.5 Å². The van der Waals surface area contributed by atoms with Crippen molar-refractivity contribution in [1.82, 2.24) is 0 Å². The smallest absolute Gasteiger partial charge is 0.126 e. The first-order valence-electron chi connectivity index (χ1n) is 9.62. The molecule has 2 nitrogen and oxygen atoms in total. The summed E-state index contributed by atoms with van der Waals surface area (Å²) >= 11 is 0. The van der Waals surface area contributed by atoms with Crippen molar-refractivity contribution in [3.8, 4) is 5.75 Å². The minimum Gasteiger partial charge on any atom is -0.496 e. The molecular formula is C23H26O2. The van der Waals surface area contributed by atoms with Crippen molar-refractivity contribution in [1.29, 1.82) is 0 Å². The monoisotopic (exact) mass is 334 g/mol. The first kappa shape index (κ1) is 15.3. The van der Waals surface area contributed by atoms with Gasteiger partial charge in [0.25, 0.3) is 0 Å². The Kier molecular flexibility index (Phi) is 3.55. The van der Waals surface area contributed by atoms with E-state index in [-0.39, 0.29) is 0 Å². The molecule has 0 unspecified atom stereocenters. The minimum atomic E-state index is 0.757. The Bertz CT molecular complexity index is 818. The van der Waals surface area contributed by atoms with Gasteiger partial charge in [-0.25, -0.2) is 0 Å². The lowest BCUT2D eigenvalue weighted by Gasteiger charge is -2.51. The van der Waals surface area contributed by atoms with Gasteiger partial charge in [0.05, 0.1) is 14.2 Å². The number of benzene rings is 2. The number of hydrogen-bond donors (Lipinski definition) is 0. The first-order valence-corrected chi connectivity index (χ1v) is 9.62. The average molecular weight is 334 g/mol. The van der Waals surface area contributed by atoms with Crippen molar-refractivity contribution in [2.24, 2.45) is 23.7 Å². The van der Waals surface area contributed by atoms with Crippen molar-refractivity contribution in [2.45, 2.75) is 32.1 Å². The molecule has 0 amide bonds. The molecule has 0 aromatic heterocycles. The Labute approximate surface area is 149 Å². The minimum absolute atomic E-state index is 0.757. The second-order valence-electron chi connectivity index (χ2n) is 8.19. The molecule has 0 heterocycles. The molecular weight excluding hydrogens is 308 g/mol. The Hall–Kier alpha value is -1.96. The first-order chi connectivity index (χ1) is 12.3. The summed E-state index contributed by atoms with van der Waals surface area (Å²) in [5, 5.41) is 2.38. The van der Waals surface area contributed by atoms with Crippen LogP contribution < -0.4 is 4.74 Å². The number of methoxy groups -OCH3 is 2. The summed E-state index contributed by atoms with van der Waals surface area (Å²) in [4.78, 5) is 0. The van der Waals surface area contributed by atoms with Crippen LogP contribution in [0.15, 0.2) is 42.0 Å². The van der Waals surface area contributed by atoms with Crippen LogP contribution in [-0.4, -0.2) is 14.2 Å². The van der Waals surface area contributed by atoms with Gasteiger partial charge in [0.2, 0.25) is 0 Å². The van der Waals surface area contributed by atoms with Gasteiger partial charge in [-0.3, -0.25) is 0 Å². The zero-order valence-electron chi connectivity index (χ0n) is 15.1. The van der Waals surface area contributed by atoms with Gasteiger partial charge in [-0.2, -0.15) is 0 Å². The van der Waals surface area contributed by atoms with E-state index in [0.717, 1.165) is 35.2 Å². The molecule has 2 heteroatoms. The fourth-order valence-corrected chi connectivity index (χ4v) is 6.04. The molecule has 6 rings (SSSR count). The van der Waals surface area contributed by atoms with Crippen LogP contribution >= 0.6 is 0 Å². The van der Waals surface area contributed by atoms with E-state index in [0.29, 0.717) is 0 Å². The highest BCUT2D eigenvalue weighted by atomic mass is 16.5. The average Bonchev–Trinajstić information content (AvgIpc) is 2.63. The van der Waals surface area contributed by atoms with Crippen molar-refractivity contribution < 1.29 is 9.47 Å². The van der Waals surface area contributed by atoms with E-state index in [1.807, 2.05) is 13.2 Å². The summed E-state index contributed by atoms with van der Waals surface area (Å²) in [5.41, 5.74) is 2.85. The van der Waals surface area contributed by atoms with Gasteiger partial charge < -0.3 is 9.47 Å². The van der Waals surface area contributed by atoms with Gasteiger partial charge in [0, 0.05) is 10.9 Å². The maximum absolute atomic E-state index is 6.02. The van der Waals surface area contributed by atoms with Crippen LogP contribution in [0.2, 0.25) is 0 Å². The zero-order valence-corrected chi connectivity index (χ0v) is 15.1. The second-order valence-corrected chi connectivity index (χ2v) is 8.19. The molecule has 4 aliphatic rings. The summed E-state index contributed by atoms with van der Waals surface area (Å²) in [6.45, 7) is 0. The Morgan fingerprint density at radius 2 is 1.60 bits per heavy atom. The normalized spacial score (nSPS) is 29.9. The van der Waals surface area contributed by atoms with E-state index in [9.17, 15) is 0 Å². The number of rotatable bonds is 3. The van der Waals surface area contributed by atoms with Crippen molar-refractivity contribution in [3.05, 3.63) is 47.5 Å². The predicted molar refractivity (Wildman–Crippen MR) is 101 cm³/mol. The highest BCUT2D eigenvalue weighted by Gasteiger charge is 2.46. The van der Waals surface area contributed by atoms with Gasteiger partial charge in [-0.05, 0) is 84.9 Å². The van der Waals surface area contributed by atoms with Crippen LogP contribution in [0.3, 0.4) is 0 Å². The summed E-state index contributed by atoms with van der Waals surface area (Å²) in [7, 11) is 3.59. The third-order valence-corrected chi connectivity index (χ3v) is 6.81. The largest absolute Gasteiger partial charge is 0.496 e. The van der Waals surface area contributed by atoms with E-state index in [1.165, 1.54) is 48.4 Å².